The minimum absolute atomic E-state index is 0. The third kappa shape index (κ3) is 3.63. The van der Waals surface area contributed by atoms with Crippen LogP contribution in [0.1, 0.15) is 10.5 Å². The summed E-state index contributed by atoms with van der Waals surface area (Å²) in [6.45, 7) is 0.184. The predicted molar refractivity (Wildman–Crippen MR) is 100 cm³/mol. The number of hydrogen-bond donors (Lipinski definition) is 0. The Morgan fingerprint density at radius 1 is 1.00 bits per heavy atom. The number of nitro benzene ring substituents is 1. The molecule has 0 N–H and O–H groups in total. The van der Waals surface area contributed by atoms with Gasteiger partial charge in [0.25, 0.3) is 5.69 Å². The van der Waals surface area contributed by atoms with Gasteiger partial charge in [0.15, 0.2) is 12.4 Å². The maximum Gasteiger partial charge on any atom is 0.270 e. The van der Waals surface area contributed by atoms with E-state index in [0.717, 1.165) is 5.52 Å². The Hall–Kier alpha value is -3.51. The fourth-order valence-corrected chi connectivity index (χ4v) is 3.20. The van der Waals surface area contributed by atoms with E-state index < -0.39 is 4.92 Å². The van der Waals surface area contributed by atoms with E-state index in [4.69, 9.17) is 0 Å². The first-order chi connectivity index (χ1) is 13.1. The van der Waals surface area contributed by atoms with Gasteiger partial charge in [-0.15, -0.1) is 0 Å². The van der Waals surface area contributed by atoms with E-state index in [1.165, 1.54) is 12.1 Å². The highest BCUT2D eigenvalue weighted by atomic mass is 35.5. The lowest BCUT2D eigenvalue weighted by molar-refractivity contribution is -0.683. The average Bonchev–Trinajstić information content (AvgIpc) is 3.08. The predicted octanol–water partition coefficient (Wildman–Crippen LogP) is 0.689. The SMILES string of the molecule is O=C(C[n+]1ccccc1)c1c(-c2cccc([N+](=O)[O-])c2)cc2ccccn12.[Cl-]. The van der Waals surface area contributed by atoms with Crippen molar-refractivity contribution in [2.45, 2.75) is 6.54 Å². The van der Waals surface area contributed by atoms with Crippen LogP contribution in [0.5, 0.6) is 0 Å². The van der Waals surface area contributed by atoms with Gasteiger partial charge in [0, 0.05) is 41.5 Å². The van der Waals surface area contributed by atoms with Crippen LogP contribution in [0, 0.1) is 10.1 Å². The van der Waals surface area contributed by atoms with Gasteiger partial charge in [-0.25, -0.2) is 0 Å². The molecule has 0 unspecified atom stereocenters. The number of halogens is 1. The van der Waals surface area contributed by atoms with Crippen LogP contribution >= 0.6 is 0 Å². The number of fused-ring (bicyclic) bond motifs is 1. The monoisotopic (exact) mass is 393 g/mol. The average molecular weight is 394 g/mol. The summed E-state index contributed by atoms with van der Waals surface area (Å²) < 4.78 is 3.64. The van der Waals surface area contributed by atoms with Gasteiger partial charge in [-0.3, -0.25) is 14.9 Å². The summed E-state index contributed by atoms with van der Waals surface area (Å²) in [6.07, 6.45) is 5.50. The number of carbonyl (C=O) groups excluding carboxylic acids is 1. The molecule has 0 bridgehead atoms. The summed E-state index contributed by atoms with van der Waals surface area (Å²) in [5, 5.41) is 11.1. The number of rotatable bonds is 5. The first kappa shape index (κ1) is 19.3. The van der Waals surface area contributed by atoms with E-state index in [9.17, 15) is 14.9 Å². The van der Waals surface area contributed by atoms with Crippen LogP contribution in [-0.2, 0) is 6.54 Å². The zero-order valence-corrected chi connectivity index (χ0v) is 15.5. The molecule has 140 valence electrons. The van der Waals surface area contributed by atoms with Gasteiger partial charge in [-0.1, -0.05) is 24.3 Å². The lowest BCUT2D eigenvalue weighted by Crippen LogP contribution is -3.00. The quantitative estimate of drug-likeness (QED) is 0.217. The lowest BCUT2D eigenvalue weighted by atomic mass is 10.0. The summed E-state index contributed by atoms with van der Waals surface area (Å²) in [4.78, 5) is 23.8. The first-order valence-corrected chi connectivity index (χ1v) is 8.46. The van der Waals surface area contributed by atoms with Crippen LogP contribution in [0.3, 0.4) is 0 Å². The summed E-state index contributed by atoms with van der Waals surface area (Å²) in [5.74, 6) is -0.0705. The van der Waals surface area contributed by atoms with Gasteiger partial charge in [0.2, 0.25) is 12.3 Å². The lowest BCUT2D eigenvalue weighted by Gasteiger charge is -2.05. The Kier molecular flexibility index (Phi) is 5.52. The number of Topliss-reactive ketones (excluding diaryl/α,β-unsaturated/α-hetero) is 1. The van der Waals surface area contributed by atoms with Crippen LogP contribution in [-0.4, -0.2) is 15.1 Å². The van der Waals surface area contributed by atoms with E-state index in [1.54, 1.807) is 12.1 Å². The summed E-state index contributed by atoms with van der Waals surface area (Å²) in [5.41, 5.74) is 2.71. The van der Waals surface area contributed by atoms with Gasteiger partial charge in [0.1, 0.15) is 5.69 Å². The number of nitro groups is 1. The molecule has 0 atom stereocenters. The second-order valence-corrected chi connectivity index (χ2v) is 6.18. The van der Waals surface area contributed by atoms with Crippen molar-refractivity contribution in [3.63, 3.8) is 0 Å². The number of hydrogen-bond acceptors (Lipinski definition) is 3. The van der Waals surface area contributed by atoms with E-state index in [1.807, 2.05) is 70.0 Å². The second-order valence-electron chi connectivity index (χ2n) is 6.18. The number of nitrogens with zero attached hydrogens (tertiary/aromatic N) is 3. The minimum Gasteiger partial charge on any atom is -1.00 e. The molecule has 0 aliphatic rings. The number of non-ortho nitro benzene ring substituents is 1. The fourth-order valence-electron chi connectivity index (χ4n) is 3.20. The highest BCUT2D eigenvalue weighted by Gasteiger charge is 2.22. The molecule has 3 aromatic heterocycles. The van der Waals surface area contributed by atoms with Gasteiger partial charge in [-0.05, 0) is 23.8 Å². The topological polar surface area (TPSA) is 68.5 Å². The Morgan fingerprint density at radius 3 is 2.54 bits per heavy atom. The molecule has 4 aromatic rings. The van der Waals surface area contributed by atoms with Gasteiger partial charge < -0.3 is 16.8 Å². The summed E-state index contributed by atoms with van der Waals surface area (Å²) >= 11 is 0. The minimum atomic E-state index is -0.430. The smallest absolute Gasteiger partial charge is 0.270 e. The maximum absolute atomic E-state index is 13.1. The van der Waals surface area contributed by atoms with Crippen LogP contribution < -0.4 is 17.0 Å². The molecule has 0 amide bonds. The van der Waals surface area contributed by atoms with Crippen molar-refractivity contribution in [3.05, 3.63) is 101 Å². The van der Waals surface area contributed by atoms with Gasteiger partial charge >= 0.3 is 0 Å². The molecule has 0 fully saturated rings. The molecular weight excluding hydrogens is 378 g/mol. The molecule has 28 heavy (non-hydrogen) atoms. The normalized spacial score (nSPS) is 10.4. The molecule has 0 aliphatic heterocycles. The summed E-state index contributed by atoms with van der Waals surface area (Å²) in [7, 11) is 0. The molecule has 7 heteroatoms. The van der Waals surface area contributed by atoms with Gasteiger partial charge in [0.05, 0.1) is 4.92 Å². The van der Waals surface area contributed by atoms with Crippen LogP contribution in [0.2, 0.25) is 0 Å². The molecule has 3 heterocycles. The molecule has 0 radical (unpaired) electrons. The third-order valence-electron chi connectivity index (χ3n) is 4.42. The van der Waals surface area contributed by atoms with E-state index in [2.05, 4.69) is 0 Å². The van der Waals surface area contributed by atoms with Crippen molar-refractivity contribution in [1.29, 1.82) is 0 Å². The first-order valence-electron chi connectivity index (χ1n) is 8.46. The van der Waals surface area contributed by atoms with Crippen molar-refractivity contribution < 1.29 is 26.7 Å². The third-order valence-corrected chi connectivity index (χ3v) is 4.42. The standard InChI is InChI=1S/C21H16N3O3.ClH/c25-20(15-22-10-3-1-4-11-22)21-19(14-17-8-2-5-12-23(17)21)16-7-6-9-18(13-16)24(26)27;/h1-14H,15H2;1H/q+1;/p-1. The largest absolute Gasteiger partial charge is 1.00 e. The molecule has 0 saturated heterocycles. The highest BCUT2D eigenvalue weighted by molar-refractivity contribution is 6.02. The molecule has 1 aromatic carbocycles. The Labute approximate surface area is 167 Å². The number of benzene rings is 1. The molecule has 4 rings (SSSR count). The number of aromatic nitrogens is 2. The van der Waals surface area contributed by atoms with Crippen molar-refractivity contribution in [2.24, 2.45) is 0 Å². The molecule has 0 spiro atoms. The number of carbonyl (C=O) groups is 1. The van der Waals surface area contributed by atoms with Crippen LogP contribution in [0.25, 0.3) is 16.6 Å². The molecule has 0 saturated carbocycles. The van der Waals surface area contributed by atoms with Crippen molar-refractivity contribution in [2.75, 3.05) is 0 Å². The Balaban J connectivity index is 0.00000225. The van der Waals surface area contributed by atoms with E-state index in [-0.39, 0.29) is 30.4 Å². The zero-order valence-electron chi connectivity index (χ0n) is 14.7. The Bertz CT molecular complexity index is 1160. The highest BCUT2D eigenvalue weighted by Crippen LogP contribution is 2.30. The van der Waals surface area contributed by atoms with Crippen LogP contribution in [0.15, 0.2) is 85.3 Å². The second kappa shape index (κ2) is 8.02. The summed E-state index contributed by atoms with van der Waals surface area (Å²) in [6, 6.07) is 19.5. The van der Waals surface area contributed by atoms with E-state index >= 15 is 0 Å². The van der Waals surface area contributed by atoms with Crippen LogP contribution in [0.4, 0.5) is 5.69 Å². The molecule has 6 nitrogen and oxygen atoms in total. The fraction of sp³-hybridized carbons (Fsp3) is 0.0476. The van der Waals surface area contributed by atoms with Crippen molar-refractivity contribution in [1.82, 2.24) is 4.40 Å². The zero-order chi connectivity index (χ0) is 18.8. The maximum atomic E-state index is 13.1. The molecule has 0 aliphatic carbocycles. The van der Waals surface area contributed by atoms with Crippen molar-refractivity contribution >= 4 is 17.0 Å². The number of pyridine rings is 2. The molecular formula is C21H16ClN3O3. The van der Waals surface area contributed by atoms with Crippen molar-refractivity contribution in [3.8, 4) is 11.1 Å². The Morgan fingerprint density at radius 2 is 1.79 bits per heavy atom. The van der Waals surface area contributed by atoms with E-state index in [0.29, 0.717) is 16.8 Å². The number of ketones is 1. The van der Waals surface area contributed by atoms with Gasteiger partial charge in [-0.2, -0.15) is 4.57 Å².